The van der Waals surface area contributed by atoms with Gasteiger partial charge in [0.25, 0.3) is 0 Å². The zero-order valence-corrected chi connectivity index (χ0v) is 22.8. The fourth-order valence-corrected chi connectivity index (χ4v) is 3.76. The fourth-order valence-electron chi connectivity index (χ4n) is 3.76. The molecule has 0 saturated heterocycles. The fraction of sp³-hybridized carbons (Fsp3) is 0.500. The van der Waals surface area contributed by atoms with Gasteiger partial charge in [-0.15, -0.1) is 0 Å². The van der Waals surface area contributed by atoms with Crippen molar-refractivity contribution >= 4 is 11.9 Å². The van der Waals surface area contributed by atoms with Crippen LogP contribution < -0.4 is 0 Å². The zero-order valence-electron chi connectivity index (χ0n) is 22.8. The third kappa shape index (κ3) is 13.9. The number of hydrogen-bond donors (Lipinski definition) is 0. The van der Waals surface area contributed by atoms with Crippen molar-refractivity contribution in [3.63, 3.8) is 0 Å². The van der Waals surface area contributed by atoms with Gasteiger partial charge in [0.15, 0.2) is 0 Å². The number of allylic oxidation sites excluding steroid dienone is 1. The Labute approximate surface area is 219 Å². The average Bonchev–Trinajstić information content (AvgIpc) is 2.89. The van der Waals surface area contributed by atoms with Gasteiger partial charge in [-0.05, 0) is 63.3 Å². The van der Waals surface area contributed by atoms with Crippen molar-refractivity contribution in [3.05, 3.63) is 83.9 Å². The SMILES string of the molecule is C=C(CCCC)CCCCC.CCCC(CC(C)OC(=O)c1ccccc1)OC(=O)c1ccccc1. The highest BCUT2D eigenvalue weighted by Crippen LogP contribution is 2.16. The van der Waals surface area contributed by atoms with Gasteiger partial charge in [-0.25, -0.2) is 9.59 Å². The molecule has 0 spiro atoms. The van der Waals surface area contributed by atoms with Gasteiger partial charge in [0.1, 0.15) is 12.2 Å². The maximum atomic E-state index is 12.2. The van der Waals surface area contributed by atoms with E-state index in [0.717, 1.165) is 12.8 Å². The third-order valence-corrected chi connectivity index (χ3v) is 5.82. The molecule has 0 N–H and O–H groups in total. The Morgan fingerprint density at radius 3 is 1.72 bits per heavy atom. The summed E-state index contributed by atoms with van der Waals surface area (Å²) in [5, 5.41) is 0. The van der Waals surface area contributed by atoms with Gasteiger partial charge >= 0.3 is 11.9 Å². The Hall–Kier alpha value is -2.88. The normalized spacial score (nSPS) is 12.0. The number of ether oxygens (including phenoxy) is 2. The third-order valence-electron chi connectivity index (χ3n) is 5.82. The topological polar surface area (TPSA) is 52.6 Å². The van der Waals surface area contributed by atoms with E-state index in [4.69, 9.17) is 9.47 Å². The van der Waals surface area contributed by atoms with Crippen LogP contribution in [0.25, 0.3) is 0 Å². The lowest BCUT2D eigenvalue weighted by Crippen LogP contribution is -2.25. The highest BCUT2D eigenvalue weighted by atomic mass is 16.6. The van der Waals surface area contributed by atoms with Gasteiger partial charge in [-0.2, -0.15) is 0 Å². The monoisotopic (exact) mass is 494 g/mol. The van der Waals surface area contributed by atoms with E-state index in [1.165, 1.54) is 50.5 Å². The minimum Gasteiger partial charge on any atom is -0.459 e. The van der Waals surface area contributed by atoms with Gasteiger partial charge < -0.3 is 9.47 Å². The Kier molecular flexibility index (Phi) is 16.7. The van der Waals surface area contributed by atoms with E-state index in [1.807, 2.05) is 26.0 Å². The lowest BCUT2D eigenvalue weighted by atomic mass is 10.0. The van der Waals surface area contributed by atoms with Crippen LogP contribution in [0.5, 0.6) is 0 Å². The quantitative estimate of drug-likeness (QED) is 0.141. The molecule has 2 rings (SSSR count). The molecule has 0 aliphatic rings. The van der Waals surface area contributed by atoms with Crippen molar-refractivity contribution < 1.29 is 19.1 Å². The second kappa shape index (κ2) is 19.3. The minimum atomic E-state index is -0.363. The molecule has 2 atom stereocenters. The van der Waals surface area contributed by atoms with Crippen LogP contribution in [0.15, 0.2) is 72.8 Å². The standard InChI is InChI=1S/C21H24O4.C11H22/c1-3-10-19(25-21(23)18-13-8-5-9-14-18)15-16(2)24-20(22)17-11-6-4-7-12-17;1-4-6-8-10-11(3)9-7-5-2/h4-9,11-14,16,19H,3,10,15H2,1-2H3;3-10H2,1-2H3. The Balaban J connectivity index is 0.000000497. The molecule has 0 heterocycles. The van der Waals surface area contributed by atoms with E-state index in [2.05, 4.69) is 20.4 Å². The van der Waals surface area contributed by atoms with Crippen LogP contribution >= 0.6 is 0 Å². The van der Waals surface area contributed by atoms with Crippen molar-refractivity contribution in [1.29, 1.82) is 0 Å². The second-order valence-electron chi connectivity index (χ2n) is 9.31. The van der Waals surface area contributed by atoms with Crippen molar-refractivity contribution in [3.8, 4) is 0 Å². The first-order valence-corrected chi connectivity index (χ1v) is 13.6. The van der Waals surface area contributed by atoms with Crippen LogP contribution in [0, 0.1) is 0 Å². The van der Waals surface area contributed by atoms with Crippen LogP contribution in [0.4, 0.5) is 0 Å². The first kappa shape index (κ1) is 31.2. The first-order chi connectivity index (χ1) is 17.4. The molecular formula is C32H46O4. The number of rotatable bonds is 15. The average molecular weight is 495 g/mol. The van der Waals surface area contributed by atoms with Gasteiger partial charge in [0, 0.05) is 6.42 Å². The van der Waals surface area contributed by atoms with E-state index >= 15 is 0 Å². The van der Waals surface area contributed by atoms with Crippen molar-refractivity contribution in [1.82, 2.24) is 0 Å². The molecule has 2 unspecified atom stereocenters. The lowest BCUT2D eigenvalue weighted by Gasteiger charge is -2.21. The van der Waals surface area contributed by atoms with E-state index in [1.54, 1.807) is 48.5 Å². The number of benzene rings is 2. The van der Waals surface area contributed by atoms with Crippen LogP contribution in [-0.2, 0) is 9.47 Å². The van der Waals surface area contributed by atoms with Crippen LogP contribution in [-0.4, -0.2) is 24.1 Å². The smallest absolute Gasteiger partial charge is 0.338 e. The highest BCUT2D eigenvalue weighted by molar-refractivity contribution is 5.90. The van der Waals surface area contributed by atoms with E-state index in [-0.39, 0.29) is 24.1 Å². The van der Waals surface area contributed by atoms with Crippen LogP contribution in [0.3, 0.4) is 0 Å². The zero-order chi connectivity index (χ0) is 26.6. The molecule has 0 radical (unpaired) electrons. The molecule has 36 heavy (non-hydrogen) atoms. The van der Waals surface area contributed by atoms with E-state index < -0.39 is 0 Å². The number of carbonyl (C=O) groups is 2. The lowest BCUT2D eigenvalue weighted by molar-refractivity contribution is 0.00162. The Morgan fingerprint density at radius 2 is 1.22 bits per heavy atom. The molecule has 2 aromatic carbocycles. The summed E-state index contributed by atoms with van der Waals surface area (Å²) in [5.74, 6) is -0.710. The van der Waals surface area contributed by atoms with Crippen LogP contribution in [0.1, 0.15) is 113 Å². The highest BCUT2D eigenvalue weighted by Gasteiger charge is 2.21. The van der Waals surface area contributed by atoms with E-state index in [9.17, 15) is 9.59 Å². The molecule has 0 fully saturated rings. The molecule has 2 aromatic rings. The molecule has 0 aliphatic carbocycles. The summed E-state index contributed by atoms with van der Waals surface area (Å²) in [6.45, 7) is 12.4. The summed E-state index contributed by atoms with van der Waals surface area (Å²) in [7, 11) is 0. The van der Waals surface area contributed by atoms with Gasteiger partial charge in [0.2, 0.25) is 0 Å². The predicted octanol–water partition coefficient (Wildman–Crippen LogP) is 8.96. The molecule has 4 nitrogen and oxygen atoms in total. The summed E-state index contributed by atoms with van der Waals surface area (Å²) in [4.78, 5) is 24.3. The number of hydrogen-bond acceptors (Lipinski definition) is 4. The Morgan fingerprint density at radius 1 is 0.722 bits per heavy atom. The van der Waals surface area contributed by atoms with Crippen molar-refractivity contribution in [2.75, 3.05) is 0 Å². The summed E-state index contributed by atoms with van der Waals surface area (Å²) in [5.41, 5.74) is 2.50. The molecular weight excluding hydrogens is 448 g/mol. The summed E-state index contributed by atoms with van der Waals surface area (Å²) < 4.78 is 11.1. The molecule has 4 heteroatoms. The summed E-state index contributed by atoms with van der Waals surface area (Å²) in [6, 6.07) is 17.8. The van der Waals surface area contributed by atoms with E-state index in [0.29, 0.717) is 17.5 Å². The molecule has 0 saturated carbocycles. The second-order valence-corrected chi connectivity index (χ2v) is 9.31. The summed E-state index contributed by atoms with van der Waals surface area (Å²) >= 11 is 0. The van der Waals surface area contributed by atoms with Gasteiger partial charge in [-0.1, -0.05) is 95.0 Å². The molecule has 0 bridgehead atoms. The first-order valence-electron chi connectivity index (χ1n) is 13.6. The largest absolute Gasteiger partial charge is 0.459 e. The molecule has 0 aromatic heterocycles. The number of carbonyl (C=O) groups excluding carboxylic acids is 2. The van der Waals surface area contributed by atoms with Crippen molar-refractivity contribution in [2.45, 2.75) is 104 Å². The van der Waals surface area contributed by atoms with Crippen LogP contribution in [0.2, 0.25) is 0 Å². The van der Waals surface area contributed by atoms with Crippen molar-refractivity contribution in [2.24, 2.45) is 0 Å². The van der Waals surface area contributed by atoms with Gasteiger partial charge in [0.05, 0.1) is 11.1 Å². The minimum absolute atomic E-state index is 0.281. The predicted molar refractivity (Wildman–Crippen MR) is 149 cm³/mol. The molecule has 0 aliphatic heterocycles. The Bertz CT molecular complexity index is 860. The maximum absolute atomic E-state index is 12.2. The molecule has 198 valence electrons. The molecule has 0 amide bonds. The summed E-state index contributed by atoms with van der Waals surface area (Å²) in [6.07, 6.45) is 10.6. The number of unbranched alkanes of at least 4 members (excludes halogenated alkanes) is 3. The van der Waals surface area contributed by atoms with Gasteiger partial charge in [-0.3, -0.25) is 0 Å². The maximum Gasteiger partial charge on any atom is 0.338 e. The number of esters is 2.